The van der Waals surface area contributed by atoms with Crippen LogP contribution in [0.4, 0.5) is 5.69 Å². The second-order valence-corrected chi connectivity index (χ2v) is 4.57. The Kier molecular flexibility index (Phi) is 6.79. The highest BCUT2D eigenvalue weighted by atomic mass is 16.5. The Balaban J connectivity index is 2.27. The molecule has 0 aliphatic rings. The molecule has 4 nitrogen and oxygen atoms in total. The molecule has 0 heterocycles. The van der Waals surface area contributed by atoms with Crippen molar-refractivity contribution in [2.45, 2.75) is 26.2 Å². The smallest absolute Gasteiger partial charge is 0.224 e. The number of carbonyl (C=O) groups is 1. The van der Waals surface area contributed by atoms with Crippen molar-refractivity contribution in [3.8, 4) is 5.75 Å². The number of hydrogen-bond acceptors (Lipinski definition) is 3. The average Bonchev–Trinajstić information content (AvgIpc) is 2.45. The summed E-state index contributed by atoms with van der Waals surface area (Å²) in [6, 6.07) is 7.70. The molecule has 0 saturated heterocycles. The van der Waals surface area contributed by atoms with Gasteiger partial charge in [0.1, 0.15) is 5.75 Å². The molecule has 1 amide bonds. The molecule has 0 radical (unpaired) electrons. The van der Waals surface area contributed by atoms with Gasteiger partial charge in [-0.1, -0.05) is 13.3 Å². The number of anilines is 1. The van der Waals surface area contributed by atoms with Crippen molar-refractivity contribution in [3.05, 3.63) is 24.3 Å². The van der Waals surface area contributed by atoms with E-state index in [-0.39, 0.29) is 5.91 Å². The fourth-order valence-electron chi connectivity index (χ4n) is 1.73. The van der Waals surface area contributed by atoms with E-state index >= 15 is 0 Å². The van der Waals surface area contributed by atoms with E-state index in [1.165, 1.54) is 0 Å². The number of amides is 1. The Morgan fingerprint density at radius 3 is 2.58 bits per heavy atom. The molecule has 0 atom stereocenters. The SMILES string of the molecule is CCCCN(C)C(=O)CCNc1ccc(OC)cc1. The number of benzene rings is 1. The molecule has 106 valence electrons. The fraction of sp³-hybridized carbons (Fsp3) is 0.533. The Morgan fingerprint density at radius 1 is 1.32 bits per heavy atom. The van der Waals surface area contributed by atoms with Crippen LogP contribution in [0.1, 0.15) is 26.2 Å². The summed E-state index contributed by atoms with van der Waals surface area (Å²) in [6.07, 6.45) is 2.70. The molecule has 0 aromatic heterocycles. The maximum absolute atomic E-state index is 11.8. The van der Waals surface area contributed by atoms with E-state index in [9.17, 15) is 4.79 Å². The summed E-state index contributed by atoms with van der Waals surface area (Å²) in [5.74, 6) is 1.02. The van der Waals surface area contributed by atoms with E-state index < -0.39 is 0 Å². The number of rotatable bonds is 8. The molecule has 1 aromatic rings. The Bertz CT molecular complexity index is 376. The highest BCUT2D eigenvalue weighted by Gasteiger charge is 2.07. The molecule has 0 aliphatic carbocycles. The number of hydrogen-bond donors (Lipinski definition) is 1. The van der Waals surface area contributed by atoms with Crippen LogP contribution in [0.5, 0.6) is 5.75 Å². The number of methoxy groups -OCH3 is 1. The maximum atomic E-state index is 11.8. The molecule has 0 fully saturated rings. The van der Waals surface area contributed by atoms with Gasteiger partial charge in [-0.15, -0.1) is 0 Å². The van der Waals surface area contributed by atoms with Gasteiger partial charge in [0.25, 0.3) is 0 Å². The topological polar surface area (TPSA) is 41.6 Å². The molecule has 0 aliphatic heterocycles. The van der Waals surface area contributed by atoms with Crippen molar-refractivity contribution in [1.82, 2.24) is 4.90 Å². The van der Waals surface area contributed by atoms with Gasteiger partial charge in [-0.2, -0.15) is 0 Å². The van der Waals surface area contributed by atoms with Crippen LogP contribution in [0.15, 0.2) is 24.3 Å². The second kappa shape index (κ2) is 8.40. The molecule has 0 spiro atoms. The van der Waals surface area contributed by atoms with E-state index in [0.717, 1.165) is 30.8 Å². The number of unbranched alkanes of at least 4 members (excludes halogenated alkanes) is 1. The largest absolute Gasteiger partial charge is 0.497 e. The summed E-state index contributed by atoms with van der Waals surface area (Å²) >= 11 is 0. The lowest BCUT2D eigenvalue weighted by Crippen LogP contribution is -2.29. The molecule has 4 heteroatoms. The zero-order chi connectivity index (χ0) is 14.1. The summed E-state index contributed by atoms with van der Waals surface area (Å²) < 4.78 is 5.09. The zero-order valence-corrected chi connectivity index (χ0v) is 12.1. The summed E-state index contributed by atoms with van der Waals surface area (Å²) in [4.78, 5) is 13.6. The van der Waals surface area contributed by atoms with Gasteiger partial charge in [-0.25, -0.2) is 0 Å². The normalized spacial score (nSPS) is 10.1. The number of nitrogens with zero attached hydrogens (tertiary/aromatic N) is 1. The van der Waals surface area contributed by atoms with Gasteiger partial charge in [-0.05, 0) is 30.7 Å². The molecular weight excluding hydrogens is 240 g/mol. The Morgan fingerprint density at radius 2 is 2.00 bits per heavy atom. The molecule has 0 bridgehead atoms. The molecule has 1 rings (SSSR count). The van der Waals surface area contributed by atoms with Crippen molar-refractivity contribution in [3.63, 3.8) is 0 Å². The monoisotopic (exact) mass is 264 g/mol. The van der Waals surface area contributed by atoms with Crippen LogP contribution in [0.25, 0.3) is 0 Å². The lowest BCUT2D eigenvalue weighted by Gasteiger charge is -2.17. The Labute approximate surface area is 115 Å². The Hall–Kier alpha value is -1.71. The quantitative estimate of drug-likeness (QED) is 0.785. The minimum Gasteiger partial charge on any atom is -0.497 e. The van der Waals surface area contributed by atoms with E-state index in [0.29, 0.717) is 13.0 Å². The molecule has 19 heavy (non-hydrogen) atoms. The van der Waals surface area contributed by atoms with Gasteiger partial charge in [0.2, 0.25) is 5.91 Å². The van der Waals surface area contributed by atoms with Crippen molar-refractivity contribution in [2.24, 2.45) is 0 Å². The second-order valence-electron chi connectivity index (χ2n) is 4.57. The zero-order valence-electron chi connectivity index (χ0n) is 12.1. The van der Waals surface area contributed by atoms with Crippen LogP contribution in [0.2, 0.25) is 0 Å². The van der Waals surface area contributed by atoms with Crippen LogP contribution in [0.3, 0.4) is 0 Å². The molecule has 0 saturated carbocycles. The minimum absolute atomic E-state index is 0.189. The minimum atomic E-state index is 0.189. The van der Waals surface area contributed by atoms with Crippen LogP contribution in [-0.2, 0) is 4.79 Å². The molecule has 0 unspecified atom stereocenters. The van der Waals surface area contributed by atoms with Crippen molar-refractivity contribution in [1.29, 1.82) is 0 Å². The standard InChI is InChI=1S/C15H24N2O2/c1-4-5-12-17(2)15(18)10-11-16-13-6-8-14(19-3)9-7-13/h6-9,16H,4-5,10-12H2,1-3H3. The summed E-state index contributed by atoms with van der Waals surface area (Å²) in [7, 11) is 3.51. The third kappa shape index (κ3) is 5.64. The lowest BCUT2D eigenvalue weighted by molar-refractivity contribution is -0.129. The average molecular weight is 264 g/mol. The first-order valence-corrected chi connectivity index (χ1v) is 6.79. The first kappa shape index (κ1) is 15.3. The molecular formula is C15H24N2O2. The predicted octanol–water partition coefficient (Wildman–Crippen LogP) is 2.76. The number of nitrogens with one attached hydrogen (secondary N) is 1. The van der Waals surface area contributed by atoms with Crippen LogP contribution >= 0.6 is 0 Å². The van der Waals surface area contributed by atoms with Gasteiger partial charge in [-0.3, -0.25) is 4.79 Å². The first-order chi connectivity index (χ1) is 9.17. The van der Waals surface area contributed by atoms with Gasteiger partial charge in [0.05, 0.1) is 7.11 Å². The predicted molar refractivity (Wildman–Crippen MR) is 78.6 cm³/mol. The molecule has 1 aromatic carbocycles. The van der Waals surface area contributed by atoms with E-state index in [1.54, 1.807) is 12.0 Å². The lowest BCUT2D eigenvalue weighted by atomic mass is 10.2. The number of carbonyl (C=O) groups excluding carboxylic acids is 1. The summed E-state index contributed by atoms with van der Waals surface area (Å²) in [5.41, 5.74) is 1.00. The van der Waals surface area contributed by atoms with Gasteiger partial charge in [0.15, 0.2) is 0 Å². The number of ether oxygens (including phenoxy) is 1. The van der Waals surface area contributed by atoms with E-state index in [4.69, 9.17) is 4.74 Å². The molecule has 1 N–H and O–H groups in total. The van der Waals surface area contributed by atoms with E-state index in [2.05, 4.69) is 12.2 Å². The third-order valence-corrected chi connectivity index (χ3v) is 3.03. The maximum Gasteiger partial charge on any atom is 0.224 e. The fourth-order valence-corrected chi connectivity index (χ4v) is 1.73. The highest BCUT2D eigenvalue weighted by Crippen LogP contribution is 2.14. The van der Waals surface area contributed by atoms with Gasteiger partial charge >= 0.3 is 0 Å². The summed E-state index contributed by atoms with van der Waals surface area (Å²) in [6.45, 7) is 3.63. The van der Waals surface area contributed by atoms with Crippen molar-refractivity contribution >= 4 is 11.6 Å². The van der Waals surface area contributed by atoms with Crippen molar-refractivity contribution in [2.75, 3.05) is 32.6 Å². The van der Waals surface area contributed by atoms with Gasteiger partial charge < -0.3 is 15.0 Å². The van der Waals surface area contributed by atoms with Crippen molar-refractivity contribution < 1.29 is 9.53 Å². The van der Waals surface area contributed by atoms with E-state index in [1.807, 2.05) is 31.3 Å². The summed E-state index contributed by atoms with van der Waals surface area (Å²) in [5, 5.41) is 3.23. The highest BCUT2D eigenvalue weighted by molar-refractivity contribution is 5.76. The van der Waals surface area contributed by atoms with Crippen LogP contribution in [-0.4, -0.2) is 38.1 Å². The third-order valence-electron chi connectivity index (χ3n) is 3.03. The first-order valence-electron chi connectivity index (χ1n) is 6.79. The van der Waals surface area contributed by atoms with Gasteiger partial charge in [0, 0.05) is 32.2 Å². The van der Waals surface area contributed by atoms with Crippen LogP contribution in [0, 0.1) is 0 Å². The van der Waals surface area contributed by atoms with Crippen LogP contribution < -0.4 is 10.1 Å².